The van der Waals surface area contributed by atoms with E-state index in [2.05, 4.69) is 10.6 Å². The summed E-state index contributed by atoms with van der Waals surface area (Å²) in [6, 6.07) is 13.4. The molecule has 0 fully saturated rings. The summed E-state index contributed by atoms with van der Waals surface area (Å²) in [5.74, 6) is 0.460. The standard InChI is InChI=1S/C23H22Cl2N2O4/c1-3-4-8-21(28)27-17-10-9-14(13-20(17)30-2)26-23(29)19-12-11-18(31-19)15-6-5-7-16(24)22(15)25/h5-7,9-13H,3-4,8H2,1-2H3,(H,26,29)(H,27,28). The van der Waals surface area contributed by atoms with Gasteiger partial charge in [-0.1, -0.05) is 42.6 Å². The van der Waals surface area contributed by atoms with Crippen LogP contribution in [-0.2, 0) is 4.79 Å². The number of methoxy groups -OCH3 is 1. The Morgan fingerprint density at radius 3 is 2.61 bits per heavy atom. The molecule has 31 heavy (non-hydrogen) atoms. The number of carbonyl (C=O) groups excluding carboxylic acids is 2. The number of carbonyl (C=O) groups is 2. The molecule has 0 spiro atoms. The van der Waals surface area contributed by atoms with Crippen LogP contribution in [0.3, 0.4) is 0 Å². The van der Waals surface area contributed by atoms with E-state index in [1.165, 1.54) is 7.11 Å². The molecule has 0 saturated carbocycles. The number of rotatable bonds is 8. The number of hydrogen-bond donors (Lipinski definition) is 2. The molecule has 1 heterocycles. The fourth-order valence-corrected chi connectivity index (χ4v) is 3.31. The molecular formula is C23H22Cl2N2O4. The van der Waals surface area contributed by atoms with E-state index >= 15 is 0 Å². The number of hydrogen-bond acceptors (Lipinski definition) is 4. The fourth-order valence-electron chi connectivity index (χ4n) is 2.91. The molecule has 3 aromatic rings. The molecule has 0 radical (unpaired) electrons. The monoisotopic (exact) mass is 460 g/mol. The van der Waals surface area contributed by atoms with Crippen LogP contribution in [0.25, 0.3) is 11.3 Å². The fraction of sp³-hybridized carbons (Fsp3) is 0.217. The van der Waals surface area contributed by atoms with Gasteiger partial charge in [-0.25, -0.2) is 0 Å². The Morgan fingerprint density at radius 1 is 1.06 bits per heavy atom. The van der Waals surface area contributed by atoms with Gasteiger partial charge < -0.3 is 19.8 Å². The highest BCUT2D eigenvalue weighted by Gasteiger charge is 2.16. The first-order chi connectivity index (χ1) is 14.9. The molecule has 2 N–H and O–H groups in total. The molecule has 8 heteroatoms. The van der Waals surface area contributed by atoms with Crippen LogP contribution in [0.5, 0.6) is 5.75 Å². The van der Waals surface area contributed by atoms with E-state index in [0.29, 0.717) is 44.9 Å². The van der Waals surface area contributed by atoms with Crippen LogP contribution in [0.4, 0.5) is 11.4 Å². The van der Waals surface area contributed by atoms with Crippen molar-refractivity contribution in [2.75, 3.05) is 17.7 Å². The molecular weight excluding hydrogens is 439 g/mol. The van der Waals surface area contributed by atoms with Crippen LogP contribution < -0.4 is 15.4 Å². The largest absolute Gasteiger partial charge is 0.494 e. The number of nitrogens with one attached hydrogen (secondary N) is 2. The smallest absolute Gasteiger partial charge is 0.291 e. The van der Waals surface area contributed by atoms with Gasteiger partial charge in [-0.05, 0) is 42.8 Å². The van der Waals surface area contributed by atoms with Crippen LogP contribution in [0.2, 0.25) is 10.0 Å². The molecule has 162 valence electrons. The highest BCUT2D eigenvalue weighted by atomic mass is 35.5. The SMILES string of the molecule is CCCCC(=O)Nc1ccc(NC(=O)c2ccc(-c3cccc(Cl)c3Cl)o2)cc1OC. The number of furan rings is 1. The highest BCUT2D eigenvalue weighted by Crippen LogP contribution is 2.34. The Hall–Kier alpha value is -2.96. The summed E-state index contributed by atoms with van der Waals surface area (Å²) >= 11 is 12.3. The quantitative estimate of drug-likeness (QED) is 0.394. The second-order valence-corrected chi connectivity index (χ2v) is 7.57. The molecule has 0 aliphatic carbocycles. The molecule has 0 aliphatic heterocycles. The Kier molecular flexibility index (Phi) is 7.60. The summed E-state index contributed by atoms with van der Waals surface area (Å²) in [6.45, 7) is 2.02. The molecule has 0 unspecified atom stereocenters. The average Bonchev–Trinajstić information content (AvgIpc) is 3.25. The van der Waals surface area contributed by atoms with E-state index in [-0.39, 0.29) is 11.7 Å². The lowest BCUT2D eigenvalue weighted by atomic mass is 10.2. The molecule has 2 aromatic carbocycles. The van der Waals surface area contributed by atoms with E-state index in [4.69, 9.17) is 32.4 Å². The zero-order chi connectivity index (χ0) is 22.4. The van der Waals surface area contributed by atoms with Crippen molar-refractivity contribution >= 4 is 46.4 Å². The van der Waals surface area contributed by atoms with E-state index in [0.717, 1.165) is 12.8 Å². The number of halogens is 2. The van der Waals surface area contributed by atoms with Crippen molar-refractivity contribution in [2.24, 2.45) is 0 Å². The van der Waals surface area contributed by atoms with Gasteiger partial charge in [-0.2, -0.15) is 0 Å². The summed E-state index contributed by atoms with van der Waals surface area (Å²) in [5, 5.41) is 6.33. The molecule has 0 aliphatic rings. The summed E-state index contributed by atoms with van der Waals surface area (Å²) in [4.78, 5) is 24.6. The highest BCUT2D eigenvalue weighted by molar-refractivity contribution is 6.43. The Bertz CT molecular complexity index is 1090. The first-order valence-corrected chi connectivity index (χ1v) is 10.5. The minimum absolute atomic E-state index is 0.0836. The number of unbranched alkanes of at least 4 members (excludes halogenated alkanes) is 1. The normalized spacial score (nSPS) is 10.6. The predicted octanol–water partition coefficient (Wildman–Crippen LogP) is 6.64. The van der Waals surface area contributed by atoms with Crippen molar-refractivity contribution in [1.82, 2.24) is 0 Å². The lowest BCUT2D eigenvalue weighted by Gasteiger charge is -2.12. The Balaban J connectivity index is 1.73. The second kappa shape index (κ2) is 10.4. The molecule has 3 rings (SSSR count). The van der Waals surface area contributed by atoms with E-state index < -0.39 is 5.91 Å². The van der Waals surface area contributed by atoms with Gasteiger partial charge in [0.15, 0.2) is 5.76 Å². The van der Waals surface area contributed by atoms with Crippen molar-refractivity contribution < 1.29 is 18.7 Å². The van der Waals surface area contributed by atoms with Gasteiger partial charge in [0.2, 0.25) is 5.91 Å². The minimum Gasteiger partial charge on any atom is -0.494 e. The first-order valence-electron chi connectivity index (χ1n) is 9.76. The van der Waals surface area contributed by atoms with Gasteiger partial charge in [-0.15, -0.1) is 0 Å². The Morgan fingerprint density at radius 2 is 1.87 bits per heavy atom. The molecule has 0 atom stereocenters. The molecule has 1 aromatic heterocycles. The van der Waals surface area contributed by atoms with E-state index in [9.17, 15) is 9.59 Å². The van der Waals surface area contributed by atoms with E-state index in [1.54, 1.807) is 48.5 Å². The van der Waals surface area contributed by atoms with Crippen LogP contribution in [0, 0.1) is 0 Å². The topological polar surface area (TPSA) is 80.6 Å². The minimum atomic E-state index is -0.439. The van der Waals surface area contributed by atoms with Crippen LogP contribution in [0.1, 0.15) is 36.7 Å². The maximum Gasteiger partial charge on any atom is 0.291 e. The molecule has 0 bridgehead atoms. The van der Waals surface area contributed by atoms with E-state index in [1.807, 2.05) is 6.92 Å². The van der Waals surface area contributed by atoms with Gasteiger partial charge in [0, 0.05) is 23.7 Å². The summed E-state index contributed by atoms with van der Waals surface area (Å²) in [6.07, 6.45) is 2.19. The number of anilines is 2. The second-order valence-electron chi connectivity index (χ2n) is 6.79. The maximum atomic E-state index is 12.6. The van der Waals surface area contributed by atoms with Gasteiger partial charge in [0.1, 0.15) is 11.5 Å². The van der Waals surface area contributed by atoms with Crippen molar-refractivity contribution in [1.29, 1.82) is 0 Å². The Labute approximate surface area is 190 Å². The third-order valence-electron chi connectivity index (χ3n) is 4.54. The maximum absolute atomic E-state index is 12.6. The summed E-state index contributed by atoms with van der Waals surface area (Å²) in [7, 11) is 1.50. The van der Waals surface area contributed by atoms with Gasteiger partial charge in [0.05, 0.1) is 22.8 Å². The van der Waals surface area contributed by atoms with Crippen molar-refractivity contribution in [2.45, 2.75) is 26.2 Å². The lowest BCUT2D eigenvalue weighted by Crippen LogP contribution is -2.13. The van der Waals surface area contributed by atoms with Crippen LogP contribution in [0.15, 0.2) is 52.9 Å². The molecule has 0 saturated heterocycles. The number of benzene rings is 2. The van der Waals surface area contributed by atoms with Crippen molar-refractivity contribution in [3.05, 3.63) is 64.3 Å². The molecule has 2 amide bonds. The summed E-state index contributed by atoms with van der Waals surface area (Å²) in [5.41, 5.74) is 1.63. The van der Waals surface area contributed by atoms with Crippen LogP contribution >= 0.6 is 23.2 Å². The predicted molar refractivity (Wildman–Crippen MR) is 123 cm³/mol. The molecule has 6 nitrogen and oxygen atoms in total. The zero-order valence-corrected chi connectivity index (χ0v) is 18.6. The van der Waals surface area contributed by atoms with Gasteiger partial charge in [-0.3, -0.25) is 9.59 Å². The third kappa shape index (κ3) is 5.60. The van der Waals surface area contributed by atoms with Gasteiger partial charge >= 0.3 is 0 Å². The zero-order valence-electron chi connectivity index (χ0n) is 17.1. The third-order valence-corrected chi connectivity index (χ3v) is 5.36. The lowest BCUT2D eigenvalue weighted by molar-refractivity contribution is -0.116. The number of ether oxygens (including phenoxy) is 1. The van der Waals surface area contributed by atoms with Crippen molar-refractivity contribution in [3.8, 4) is 17.1 Å². The van der Waals surface area contributed by atoms with Crippen molar-refractivity contribution in [3.63, 3.8) is 0 Å². The summed E-state index contributed by atoms with van der Waals surface area (Å²) < 4.78 is 11.0. The van der Waals surface area contributed by atoms with Crippen LogP contribution in [-0.4, -0.2) is 18.9 Å². The number of amides is 2. The average molecular weight is 461 g/mol. The first kappa shape index (κ1) is 22.7. The van der Waals surface area contributed by atoms with Gasteiger partial charge in [0.25, 0.3) is 5.91 Å².